The number of hydrogen-bond donors (Lipinski definition) is 3. The normalized spacial score (nSPS) is 11.8. The molecule has 0 saturated carbocycles. The number of amides is 1. The van der Waals surface area contributed by atoms with Crippen molar-refractivity contribution in [2.24, 2.45) is 0 Å². The summed E-state index contributed by atoms with van der Waals surface area (Å²) < 4.78 is 0. The highest BCUT2D eigenvalue weighted by Crippen LogP contribution is 2.30. The zero-order valence-electron chi connectivity index (χ0n) is 16.1. The van der Waals surface area contributed by atoms with E-state index >= 15 is 0 Å². The molecule has 0 bridgehead atoms. The molecule has 2 aromatic heterocycles. The number of aromatic hydroxyl groups is 1. The predicted molar refractivity (Wildman–Crippen MR) is 111 cm³/mol. The number of phenols is 1. The van der Waals surface area contributed by atoms with Crippen molar-refractivity contribution in [1.29, 1.82) is 0 Å². The van der Waals surface area contributed by atoms with Gasteiger partial charge in [-0.1, -0.05) is 6.58 Å². The Morgan fingerprint density at radius 1 is 1.29 bits per heavy atom. The molecular formula is C22H24N4O2. The van der Waals surface area contributed by atoms with Gasteiger partial charge in [-0.2, -0.15) is 5.10 Å². The fourth-order valence-electron chi connectivity index (χ4n) is 3.19. The molecule has 0 radical (unpaired) electrons. The van der Waals surface area contributed by atoms with E-state index in [0.717, 1.165) is 46.5 Å². The van der Waals surface area contributed by atoms with E-state index in [0.29, 0.717) is 0 Å². The summed E-state index contributed by atoms with van der Waals surface area (Å²) in [4.78, 5) is 15.9. The molecule has 3 rings (SSSR count). The second-order valence-corrected chi connectivity index (χ2v) is 6.82. The average Bonchev–Trinajstić information content (AvgIpc) is 3.15. The lowest BCUT2D eigenvalue weighted by atomic mass is 9.95. The number of aryl methyl sites for hydroxylation is 1. The maximum atomic E-state index is 11.3. The van der Waals surface area contributed by atoms with Crippen molar-refractivity contribution >= 4 is 12.0 Å². The predicted octanol–water partition coefficient (Wildman–Crippen LogP) is 3.94. The van der Waals surface area contributed by atoms with Crippen LogP contribution < -0.4 is 5.32 Å². The standard InChI is InChI=1S/C22H24N4O2/c1-4-21-20(13-24-26-21)19-12-23-22(16-7-9-18(28)10-8-16)11-17(19)6-5-14(2)25-15(3)27/h4,7-14,28H,1,5-6H2,2-3H3,(H,24,26)(H,25,27). The van der Waals surface area contributed by atoms with Gasteiger partial charge in [-0.25, -0.2) is 0 Å². The molecule has 144 valence electrons. The molecule has 6 nitrogen and oxygen atoms in total. The van der Waals surface area contributed by atoms with Crippen molar-refractivity contribution in [2.45, 2.75) is 32.7 Å². The molecular weight excluding hydrogens is 352 g/mol. The average molecular weight is 376 g/mol. The van der Waals surface area contributed by atoms with E-state index < -0.39 is 0 Å². The van der Waals surface area contributed by atoms with Crippen LogP contribution in [0.25, 0.3) is 28.5 Å². The van der Waals surface area contributed by atoms with Crippen LogP contribution in [0.4, 0.5) is 0 Å². The quantitative estimate of drug-likeness (QED) is 0.582. The highest BCUT2D eigenvalue weighted by molar-refractivity contribution is 5.76. The first-order valence-electron chi connectivity index (χ1n) is 9.19. The molecule has 0 aliphatic heterocycles. The largest absolute Gasteiger partial charge is 0.508 e. The van der Waals surface area contributed by atoms with Gasteiger partial charge in [0, 0.05) is 35.9 Å². The zero-order valence-corrected chi connectivity index (χ0v) is 16.1. The van der Waals surface area contributed by atoms with E-state index in [1.54, 1.807) is 24.4 Å². The number of carbonyl (C=O) groups excluding carboxylic acids is 1. The summed E-state index contributed by atoms with van der Waals surface area (Å²) >= 11 is 0. The monoisotopic (exact) mass is 376 g/mol. The first-order valence-corrected chi connectivity index (χ1v) is 9.19. The fourth-order valence-corrected chi connectivity index (χ4v) is 3.19. The molecule has 28 heavy (non-hydrogen) atoms. The number of rotatable bonds is 7. The molecule has 2 heterocycles. The lowest BCUT2D eigenvalue weighted by molar-refractivity contribution is -0.119. The van der Waals surface area contributed by atoms with E-state index in [-0.39, 0.29) is 17.7 Å². The molecule has 0 spiro atoms. The van der Waals surface area contributed by atoms with Gasteiger partial charge in [-0.05, 0) is 61.7 Å². The van der Waals surface area contributed by atoms with Crippen molar-refractivity contribution in [3.8, 4) is 28.1 Å². The second kappa shape index (κ2) is 8.52. The van der Waals surface area contributed by atoms with Crippen LogP contribution in [0.1, 0.15) is 31.5 Å². The number of benzene rings is 1. The van der Waals surface area contributed by atoms with Crippen molar-refractivity contribution in [1.82, 2.24) is 20.5 Å². The van der Waals surface area contributed by atoms with Crippen LogP contribution in [-0.4, -0.2) is 32.2 Å². The Kier molecular flexibility index (Phi) is 5.89. The smallest absolute Gasteiger partial charge is 0.217 e. The van der Waals surface area contributed by atoms with Crippen LogP contribution in [-0.2, 0) is 11.2 Å². The third-order valence-corrected chi connectivity index (χ3v) is 4.61. The molecule has 6 heteroatoms. The minimum Gasteiger partial charge on any atom is -0.508 e. The van der Waals surface area contributed by atoms with Crippen LogP contribution in [0.2, 0.25) is 0 Å². The molecule has 1 unspecified atom stereocenters. The summed E-state index contributed by atoms with van der Waals surface area (Å²) in [5.74, 6) is 0.190. The lowest BCUT2D eigenvalue weighted by Crippen LogP contribution is -2.30. The summed E-state index contributed by atoms with van der Waals surface area (Å²) in [5, 5.41) is 19.5. The van der Waals surface area contributed by atoms with Gasteiger partial charge >= 0.3 is 0 Å². The molecule has 1 aromatic carbocycles. The maximum absolute atomic E-state index is 11.3. The van der Waals surface area contributed by atoms with E-state index in [4.69, 9.17) is 0 Å². The van der Waals surface area contributed by atoms with Crippen molar-refractivity contribution in [2.75, 3.05) is 0 Å². The van der Waals surface area contributed by atoms with Gasteiger partial charge in [-0.3, -0.25) is 14.9 Å². The third kappa shape index (κ3) is 4.46. The zero-order chi connectivity index (χ0) is 20.1. The Hall–Kier alpha value is -3.41. The molecule has 3 N–H and O–H groups in total. The van der Waals surface area contributed by atoms with Gasteiger partial charge in [-0.15, -0.1) is 0 Å². The Bertz CT molecular complexity index is 976. The van der Waals surface area contributed by atoms with Gasteiger partial charge in [0.05, 0.1) is 17.6 Å². The molecule has 0 aliphatic rings. The minimum atomic E-state index is -0.0315. The minimum absolute atomic E-state index is 0.0315. The molecule has 1 atom stereocenters. The molecule has 0 fully saturated rings. The molecule has 3 aromatic rings. The highest BCUT2D eigenvalue weighted by atomic mass is 16.3. The van der Waals surface area contributed by atoms with Crippen molar-refractivity contribution in [3.05, 3.63) is 60.6 Å². The summed E-state index contributed by atoms with van der Waals surface area (Å²) in [6, 6.07) is 9.11. The van der Waals surface area contributed by atoms with Gasteiger partial charge in [0.1, 0.15) is 5.75 Å². The summed E-state index contributed by atoms with van der Waals surface area (Å²) in [6.07, 6.45) is 6.92. The van der Waals surface area contributed by atoms with Gasteiger partial charge in [0.2, 0.25) is 5.91 Å². The number of aromatic nitrogens is 3. The van der Waals surface area contributed by atoms with E-state index in [1.165, 1.54) is 6.92 Å². The van der Waals surface area contributed by atoms with Crippen LogP contribution >= 0.6 is 0 Å². The van der Waals surface area contributed by atoms with Gasteiger partial charge < -0.3 is 10.4 Å². The number of hydrogen-bond acceptors (Lipinski definition) is 4. The number of nitrogens with zero attached hydrogens (tertiary/aromatic N) is 2. The number of carbonyl (C=O) groups is 1. The van der Waals surface area contributed by atoms with E-state index in [9.17, 15) is 9.90 Å². The van der Waals surface area contributed by atoms with Crippen LogP contribution in [0, 0.1) is 0 Å². The number of nitrogens with one attached hydrogen (secondary N) is 2. The van der Waals surface area contributed by atoms with Crippen LogP contribution in [0.15, 0.2) is 49.3 Å². The lowest BCUT2D eigenvalue weighted by Gasteiger charge is -2.15. The van der Waals surface area contributed by atoms with Crippen LogP contribution in [0.5, 0.6) is 5.75 Å². The first-order chi connectivity index (χ1) is 13.5. The molecule has 0 saturated heterocycles. The number of aromatic amines is 1. The molecule has 0 aliphatic carbocycles. The van der Waals surface area contributed by atoms with E-state index in [2.05, 4.69) is 33.1 Å². The van der Waals surface area contributed by atoms with Crippen LogP contribution in [0.3, 0.4) is 0 Å². The Morgan fingerprint density at radius 2 is 2.04 bits per heavy atom. The fraction of sp³-hybridized carbons (Fsp3) is 0.227. The summed E-state index contributed by atoms with van der Waals surface area (Å²) in [7, 11) is 0. The topological polar surface area (TPSA) is 90.9 Å². The van der Waals surface area contributed by atoms with E-state index in [1.807, 2.05) is 25.3 Å². The third-order valence-electron chi connectivity index (χ3n) is 4.61. The highest BCUT2D eigenvalue weighted by Gasteiger charge is 2.14. The number of phenolic OH excluding ortho intramolecular Hbond substituents is 1. The van der Waals surface area contributed by atoms with Gasteiger partial charge in [0.25, 0.3) is 0 Å². The number of H-pyrrole nitrogens is 1. The Balaban J connectivity index is 1.97. The molecule has 1 amide bonds. The Labute approximate surface area is 164 Å². The van der Waals surface area contributed by atoms with Crippen molar-refractivity contribution in [3.63, 3.8) is 0 Å². The van der Waals surface area contributed by atoms with Crippen molar-refractivity contribution < 1.29 is 9.90 Å². The number of pyridine rings is 1. The Morgan fingerprint density at radius 3 is 2.71 bits per heavy atom. The summed E-state index contributed by atoms with van der Waals surface area (Å²) in [6.45, 7) is 7.36. The SMILES string of the molecule is C=Cc1[nH]ncc1-c1cnc(-c2ccc(O)cc2)cc1CCC(C)NC(C)=O. The summed E-state index contributed by atoms with van der Waals surface area (Å²) in [5.41, 5.74) is 5.64. The first kappa shape index (κ1) is 19.4. The second-order valence-electron chi connectivity index (χ2n) is 6.82. The maximum Gasteiger partial charge on any atom is 0.217 e. The van der Waals surface area contributed by atoms with Gasteiger partial charge in [0.15, 0.2) is 0 Å².